The summed E-state index contributed by atoms with van der Waals surface area (Å²) in [5.41, 5.74) is 0.993. The van der Waals surface area contributed by atoms with E-state index in [2.05, 4.69) is 39.5 Å². The molecule has 2 rings (SSSR count). The number of halogens is 1. The number of aromatic carboxylic acids is 1. The summed E-state index contributed by atoms with van der Waals surface area (Å²) in [4.78, 5) is 19.4. The number of nitrogens with zero attached hydrogens (tertiary/aromatic N) is 2. The monoisotopic (exact) mass is 384 g/mol. The molecule has 1 N–H and O–H groups in total. The lowest BCUT2D eigenvalue weighted by Crippen LogP contribution is -2.02. The molecule has 0 radical (unpaired) electrons. The fourth-order valence-corrected chi connectivity index (χ4v) is 2.19. The Hall–Kier alpha value is -1.70. The number of carboxylic acid groups (broad SMARTS) is 1. The SMILES string of the molecule is CCCc1cc(Oc2ccc(I)cc2C(=O)O)ncn1. The van der Waals surface area contributed by atoms with Crippen LogP contribution in [0, 0.1) is 3.57 Å². The standard InChI is InChI=1S/C14H13IN2O3/c1-2-3-10-7-13(17-8-16-10)20-12-5-4-9(15)6-11(12)14(18)19/h4-8H,2-3H2,1H3,(H,18,19). The molecule has 0 saturated heterocycles. The minimum absolute atomic E-state index is 0.118. The first kappa shape index (κ1) is 14.7. The average Bonchev–Trinajstić information content (AvgIpc) is 2.41. The van der Waals surface area contributed by atoms with E-state index >= 15 is 0 Å². The maximum absolute atomic E-state index is 11.2. The molecule has 0 atom stereocenters. The van der Waals surface area contributed by atoms with Crippen LogP contribution in [-0.2, 0) is 6.42 Å². The molecule has 1 heterocycles. The molecular formula is C14H13IN2O3. The van der Waals surface area contributed by atoms with Crippen LogP contribution in [0.4, 0.5) is 0 Å². The van der Waals surface area contributed by atoms with E-state index in [1.807, 2.05) is 0 Å². The van der Waals surface area contributed by atoms with Gasteiger partial charge in [-0.1, -0.05) is 13.3 Å². The summed E-state index contributed by atoms with van der Waals surface area (Å²) in [6, 6.07) is 6.71. The van der Waals surface area contributed by atoms with Gasteiger partial charge in [-0.15, -0.1) is 0 Å². The number of ether oxygens (including phenoxy) is 1. The third-order valence-electron chi connectivity index (χ3n) is 2.59. The topological polar surface area (TPSA) is 72.3 Å². The Labute approximate surface area is 130 Å². The van der Waals surface area contributed by atoms with Crippen molar-refractivity contribution in [1.29, 1.82) is 0 Å². The fraction of sp³-hybridized carbons (Fsp3) is 0.214. The zero-order chi connectivity index (χ0) is 14.5. The molecule has 0 amide bonds. The van der Waals surface area contributed by atoms with E-state index in [0.717, 1.165) is 22.1 Å². The fourth-order valence-electron chi connectivity index (χ4n) is 1.70. The van der Waals surface area contributed by atoms with Crippen molar-refractivity contribution in [2.45, 2.75) is 19.8 Å². The van der Waals surface area contributed by atoms with Gasteiger partial charge in [-0.25, -0.2) is 14.8 Å². The van der Waals surface area contributed by atoms with Gasteiger partial charge in [0.1, 0.15) is 17.6 Å². The number of benzene rings is 1. The van der Waals surface area contributed by atoms with Crippen molar-refractivity contribution in [3.63, 3.8) is 0 Å². The minimum Gasteiger partial charge on any atom is -0.478 e. The first-order chi connectivity index (χ1) is 9.60. The molecule has 1 aromatic heterocycles. The Morgan fingerprint density at radius 3 is 2.85 bits per heavy atom. The molecule has 0 fully saturated rings. The number of aryl methyl sites for hydroxylation is 1. The van der Waals surface area contributed by atoms with E-state index in [4.69, 9.17) is 4.74 Å². The molecule has 0 unspecified atom stereocenters. The molecule has 1 aromatic carbocycles. The Morgan fingerprint density at radius 2 is 2.15 bits per heavy atom. The van der Waals surface area contributed by atoms with Crippen LogP contribution in [0.3, 0.4) is 0 Å². The van der Waals surface area contributed by atoms with Crippen LogP contribution in [0.15, 0.2) is 30.6 Å². The summed E-state index contributed by atoms with van der Waals surface area (Å²) in [7, 11) is 0. The van der Waals surface area contributed by atoms with Crippen molar-refractivity contribution in [3.8, 4) is 11.6 Å². The van der Waals surface area contributed by atoms with Crippen LogP contribution in [-0.4, -0.2) is 21.0 Å². The van der Waals surface area contributed by atoms with Crippen molar-refractivity contribution in [3.05, 3.63) is 45.4 Å². The second-order valence-electron chi connectivity index (χ2n) is 4.15. The first-order valence-corrected chi connectivity index (χ1v) is 7.19. The van der Waals surface area contributed by atoms with E-state index in [0.29, 0.717) is 5.88 Å². The Bertz CT molecular complexity index is 632. The van der Waals surface area contributed by atoms with Crippen LogP contribution in [0.2, 0.25) is 0 Å². The minimum atomic E-state index is -1.03. The normalized spacial score (nSPS) is 10.3. The van der Waals surface area contributed by atoms with Gasteiger partial charge < -0.3 is 9.84 Å². The van der Waals surface area contributed by atoms with Gasteiger partial charge in [0, 0.05) is 15.3 Å². The molecule has 6 heteroatoms. The molecule has 20 heavy (non-hydrogen) atoms. The van der Waals surface area contributed by atoms with Crippen molar-refractivity contribution < 1.29 is 14.6 Å². The number of carboxylic acids is 1. The lowest BCUT2D eigenvalue weighted by Gasteiger charge is -2.08. The average molecular weight is 384 g/mol. The molecule has 0 bridgehead atoms. The molecule has 0 aliphatic rings. The molecular weight excluding hydrogens is 371 g/mol. The third-order valence-corrected chi connectivity index (χ3v) is 3.26. The van der Waals surface area contributed by atoms with E-state index in [-0.39, 0.29) is 11.3 Å². The third kappa shape index (κ3) is 3.66. The van der Waals surface area contributed by atoms with Gasteiger partial charge in [0.15, 0.2) is 0 Å². The molecule has 104 valence electrons. The predicted octanol–water partition coefficient (Wildman–Crippen LogP) is 3.52. The highest BCUT2D eigenvalue weighted by atomic mass is 127. The Balaban J connectivity index is 2.30. The lowest BCUT2D eigenvalue weighted by molar-refractivity contribution is 0.0694. The van der Waals surface area contributed by atoms with E-state index in [9.17, 15) is 9.90 Å². The maximum atomic E-state index is 11.2. The summed E-state index contributed by atoms with van der Waals surface area (Å²) in [6.45, 7) is 2.06. The second-order valence-corrected chi connectivity index (χ2v) is 5.39. The van der Waals surface area contributed by atoms with Gasteiger partial charge in [-0.05, 0) is 47.2 Å². The number of carbonyl (C=O) groups is 1. The highest BCUT2D eigenvalue weighted by Gasteiger charge is 2.13. The number of hydrogen-bond donors (Lipinski definition) is 1. The first-order valence-electron chi connectivity index (χ1n) is 6.11. The molecule has 0 aliphatic heterocycles. The van der Waals surface area contributed by atoms with Crippen LogP contribution in [0.25, 0.3) is 0 Å². The van der Waals surface area contributed by atoms with Crippen molar-refractivity contribution in [2.75, 3.05) is 0 Å². The van der Waals surface area contributed by atoms with E-state index < -0.39 is 5.97 Å². The Kier molecular flexibility index (Phi) is 4.89. The van der Waals surface area contributed by atoms with E-state index in [1.54, 1.807) is 24.3 Å². The van der Waals surface area contributed by atoms with Gasteiger partial charge in [-0.3, -0.25) is 0 Å². The number of aromatic nitrogens is 2. The number of rotatable bonds is 5. The van der Waals surface area contributed by atoms with Crippen LogP contribution in [0.5, 0.6) is 11.6 Å². The van der Waals surface area contributed by atoms with Crippen LogP contribution < -0.4 is 4.74 Å². The summed E-state index contributed by atoms with van der Waals surface area (Å²) >= 11 is 2.06. The largest absolute Gasteiger partial charge is 0.478 e. The zero-order valence-electron chi connectivity index (χ0n) is 10.8. The van der Waals surface area contributed by atoms with Gasteiger partial charge in [-0.2, -0.15) is 0 Å². The van der Waals surface area contributed by atoms with Crippen molar-refractivity contribution >= 4 is 28.6 Å². The van der Waals surface area contributed by atoms with Gasteiger partial charge >= 0.3 is 5.97 Å². The zero-order valence-corrected chi connectivity index (χ0v) is 13.0. The smallest absolute Gasteiger partial charge is 0.339 e. The van der Waals surface area contributed by atoms with E-state index in [1.165, 1.54) is 6.33 Å². The van der Waals surface area contributed by atoms with Gasteiger partial charge in [0.05, 0.1) is 0 Å². The molecule has 2 aromatic rings. The molecule has 5 nitrogen and oxygen atoms in total. The van der Waals surface area contributed by atoms with Crippen LogP contribution in [0.1, 0.15) is 29.4 Å². The summed E-state index contributed by atoms with van der Waals surface area (Å²) < 4.78 is 6.41. The quantitative estimate of drug-likeness (QED) is 0.799. The lowest BCUT2D eigenvalue weighted by atomic mass is 10.2. The van der Waals surface area contributed by atoms with Crippen molar-refractivity contribution in [2.24, 2.45) is 0 Å². The van der Waals surface area contributed by atoms with Crippen LogP contribution >= 0.6 is 22.6 Å². The highest BCUT2D eigenvalue weighted by molar-refractivity contribution is 14.1. The highest BCUT2D eigenvalue weighted by Crippen LogP contribution is 2.26. The summed E-state index contributed by atoms with van der Waals surface area (Å²) in [5.74, 6) is -0.396. The summed E-state index contributed by atoms with van der Waals surface area (Å²) in [5, 5.41) is 9.19. The molecule has 0 saturated carbocycles. The van der Waals surface area contributed by atoms with Gasteiger partial charge in [0.25, 0.3) is 0 Å². The second kappa shape index (κ2) is 6.65. The van der Waals surface area contributed by atoms with Crippen molar-refractivity contribution in [1.82, 2.24) is 9.97 Å². The maximum Gasteiger partial charge on any atom is 0.339 e. The predicted molar refractivity (Wildman–Crippen MR) is 82.2 cm³/mol. The molecule has 0 aliphatic carbocycles. The Morgan fingerprint density at radius 1 is 1.35 bits per heavy atom. The van der Waals surface area contributed by atoms with Gasteiger partial charge in [0.2, 0.25) is 5.88 Å². The summed E-state index contributed by atoms with van der Waals surface area (Å²) in [6.07, 6.45) is 3.23. The number of hydrogen-bond acceptors (Lipinski definition) is 4. The molecule has 0 spiro atoms.